The smallest absolute Gasteiger partial charge is 0.212 e. The average molecular weight is 312 g/mol. The molecule has 0 aromatic heterocycles. The maximum atomic E-state index is 12.6. The summed E-state index contributed by atoms with van der Waals surface area (Å²) in [5.41, 5.74) is 0.980. The van der Waals surface area contributed by atoms with Crippen molar-refractivity contribution in [3.05, 3.63) is 47.0 Å². The molecular formula is C15H18ClNO2S. The van der Waals surface area contributed by atoms with Gasteiger partial charge in [0, 0.05) is 18.1 Å². The Morgan fingerprint density at radius 2 is 1.95 bits per heavy atom. The Labute approximate surface area is 125 Å². The van der Waals surface area contributed by atoms with Crippen molar-refractivity contribution in [2.45, 2.75) is 25.1 Å². The lowest BCUT2D eigenvalue weighted by Crippen LogP contribution is -2.29. The largest absolute Gasteiger partial charge is 0.221 e. The van der Waals surface area contributed by atoms with Gasteiger partial charge in [-0.3, -0.25) is 0 Å². The van der Waals surface area contributed by atoms with Gasteiger partial charge in [-0.15, -0.1) is 0 Å². The molecule has 1 aliphatic carbocycles. The van der Waals surface area contributed by atoms with Crippen LogP contribution in [0, 0.1) is 11.8 Å². The SMILES string of the molecule is C[C@@H]1C=C[C@H]2[C@@H](C1)CN(Cc1ccc(Cl)cc1)S2(=O)=O. The van der Waals surface area contributed by atoms with Crippen LogP contribution in [0.1, 0.15) is 18.9 Å². The Bertz CT molecular complexity index is 624. The third-order valence-corrected chi connectivity index (χ3v) is 6.66. The number of nitrogens with zero attached hydrogens (tertiary/aromatic N) is 1. The maximum absolute atomic E-state index is 12.6. The molecule has 108 valence electrons. The number of benzene rings is 1. The molecule has 0 radical (unpaired) electrons. The summed E-state index contributed by atoms with van der Waals surface area (Å²) >= 11 is 5.86. The highest BCUT2D eigenvalue weighted by Gasteiger charge is 2.46. The van der Waals surface area contributed by atoms with Crippen molar-refractivity contribution in [1.82, 2.24) is 4.31 Å². The van der Waals surface area contributed by atoms with Gasteiger partial charge in [0.15, 0.2) is 0 Å². The third kappa shape index (κ3) is 2.52. The summed E-state index contributed by atoms with van der Waals surface area (Å²) in [6, 6.07) is 7.37. The Balaban J connectivity index is 1.82. The van der Waals surface area contributed by atoms with E-state index in [2.05, 4.69) is 6.92 Å². The molecule has 0 spiro atoms. The summed E-state index contributed by atoms with van der Waals surface area (Å²) in [7, 11) is -3.21. The van der Waals surface area contributed by atoms with Crippen LogP contribution in [-0.4, -0.2) is 24.5 Å². The molecule has 5 heteroatoms. The van der Waals surface area contributed by atoms with Crippen LogP contribution in [0.4, 0.5) is 0 Å². The van der Waals surface area contributed by atoms with Gasteiger partial charge in [0.25, 0.3) is 0 Å². The first kappa shape index (κ1) is 14.1. The van der Waals surface area contributed by atoms with Crippen molar-refractivity contribution in [3.8, 4) is 0 Å². The van der Waals surface area contributed by atoms with Gasteiger partial charge in [-0.05, 0) is 36.0 Å². The predicted molar refractivity (Wildman–Crippen MR) is 81.0 cm³/mol. The zero-order valence-corrected chi connectivity index (χ0v) is 12.9. The first-order chi connectivity index (χ1) is 9.46. The highest BCUT2D eigenvalue weighted by atomic mass is 35.5. The molecule has 0 amide bonds. The molecular weight excluding hydrogens is 294 g/mol. The van der Waals surface area contributed by atoms with Crippen LogP contribution in [0.3, 0.4) is 0 Å². The number of allylic oxidation sites excluding steroid dienone is 1. The van der Waals surface area contributed by atoms with Gasteiger partial charge in [0.2, 0.25) is 10.0 Å². The van der Waals surface area contributed by atoms with Crippen molar-refractivity contribution < 1.29 is 8.42 Å². The highest BCUT2D eigenvalue weighted by molar-refractivity contribution is 7.90. The summed E-state index contributed by atoms with van der Waals surface area (Å²) in [5, 5.41) is 0.342. The van der Waals surface area contributed by atoms with Gasteiger partial charge in [-0.2, -0.15) is 4.31 Å². The minimum absolute atomic E-state index is 0.229. The quantitative estimate of drug-likeness (QED) is 0.787. The molecule has 2 aliphatic rings. The molecule has 1 aliphatic heterocycles. The van der Waals surface area contributed by atoms with E-state index in [1.165, 1.54) is 0 Å². The van der Waals surface area contributed by atoms with Crippen LogP contribution in [0.25, 0.3) is 0 Å². The number of halogens is 1. The number of fused-ring (bicyclic) bond motifs is 1. The molecule has 0 N–H and O–H groups in total. The number of sulfonamides is 1. The molecule has 0 bridgehead atoms. The zero-order valence-electron chi connectivity index (χ0n) is 11.4. The van der Waals surface area contributed by atoms with E-state index < -0.39 is 10.0 Å². The van der Waals surface area contributed by atoms with E-state index in [0.29, 0.717) is 24.0 Å². The highest BCUT2D eigenvalue weighted by Crippen LogP contribution is 2.37. The van der Waals surface area contributed by atoms with Crippen LogP contribution in [0.2, 0.25) is 5.02 Å². The van der Waals surface area contributed by atoms with E-state index in [4.69, 9.17) is 11.6 Å². The number of hydrogen-bond donors (Lipinski definition) is 0. The molecule has 1 fully saturated rings. The van der Waals surface area contributed by atoms with Crippen molar-refractivity contribution in [2.75, 3.05) is 6.54 Å². The van der Waals surface area contributed by atoms with Gasteiger partial charge in [0.1, 0.15) is 0 Å². The van der Waals surface area contributed by atoms with Crippen molar-refractivity contribution in [3.63, 3.8) is 0 Å². The molecule has 1 aromatic rings. The second-order valence-electron chi connectivity index (χ2n) is 5.79. The average Bonchev–Trinajstić information content (AvgIpc) is 2.63. The van der Waals surface area contributed by atoms with Crippen LogP contribution in [-0.2, 0) is 16.6 Å². The molecule has 3 atom stereocenters. The Morgan fingerprint density at radius 3 is 2.65 bits per heavy atom. The normalized spacial score (nSPS) is 32.2. The first-order valence-corrected chi connectivity index (χ1v) is 8.76. The number of rotatable bonds is 2. The van der Waals surface area contributed by atoms with Crippen LogP contribution < -0.4 is 0 Å². The lowest BCUT2D eigenvalue weighted by molar-refractivity contribution is 0.355. The van der Waals surface area contributed by atoms with Gasteiger partial charge in [-0.1, -0.05) is 42.8 Å². The fourth-order valence-electron chi connectivity index (χ4n) is 3.15. The molecule has 1 aromatic carbocycles. The second kappa shape index (κ2) is 5.17. The lowest BCUT2D eigenvalue weighted by atomic mass is 9.87. The second-order valence-corrected chi connectivity index (χ2v) is 8.31. The fraction of sp³-hybridized carbons (Fsp3) is 0.467. The van der Waals surface area contributed by atoms with E-state index in [9.17, 15) is 8.42 Å². The molecule has 0 saturated carbocycles. The van der Waals surface area contributed by atoms with E-state index in [1.807, 2.05) is 24.3 Å². The lowest BCUT2D eigenvalue weighted by Gasteiger charge is -2.21. The van der Waals surface area contributed by atoms with Crippen LogP contribution in [0.5, 0.6) is 0 Å². The zero-order chi connectivity index (χ0) is 14.3. The van der Waals surface area contributed by atoms with Crippen LogP contribution in [0.15, 0.2) is 36.4 Å². The minimum atomic E-state index is -3.21. The Kier molecular flexibility index (Phi) is 3.65. The third-order valence-electron chi connectivity index (χ3n) is 4.18. The van der Waals surface area contributed by atoms with Gasteiger partial charge >= 0.3 is 0 Å². The molecule has 1 heterocycles. The predicted octanol–water partition coefficient (Wildman–Crippen LogP) is 3.07. The van der Waals surface area contributed by atoms with Crippen molar-refractivity contribution >= 4 is 21.6 Å². The summed E-state index contributed by atoms with van der Waals surface area (Å²) in [6.45, 7) is 3.21. The molecule has 20 heavy (non-hydrogen) atoms. The van der Waals surface area contributed by atoms with Crippen molar-refractivity contribution in [2.24, 2.45) is 11.8 Å². The molecule has 3 nitrogen and oxygen atoms in total. The van der Waals surface area contributed by atoms with Gasteiger partial charge in [-0.25, -0.2) is 8.42 Å². The number of hydrogen-bond acceptors (Lipinski definition) is 2. The summed E-state index contributed by atoms with van der Waals surface area (Å²) in [5.74, 6) is 0.703. The fourth-order valence-corrected chi connectivity index (χ4v) is 5.32. The molecule has 1 saturated heterocycles. The van der Waals surface area contributed by atoms with E-state index in [-0.39, 0.29) is 11.2 Å². The topological polar surface area (TPSA) is 37.4 Å². The summed E-state index contributed by atoms with van der Waals surface area (Å²) < 4.78 is 26.7. The van der Waals surface area contributed by atoms with Crippen LogP contribution >= 0.6 is 11.6 Å². The monoisotopic (exact) mass is 311 g/mol. The van der Waals surface area contributed by atoms with E-state index >= 15 is 0 Å². The van der Waals surface area contributed by atoms with E-state index in [0.717, 1.165) is 12.0 Å². The summed E-state index contributed by atoms with van der Waals surface area (Å²) in [4.78, 5) is 0. The van der Waals surface area contributed by atoms with E-state index in [1.54, 1.807) is 16.4 Å². The molecule has 3 rings (SSSR count). The first-order valence-electron chi connectivity index (χ1n) is 6.88. The molecule has 0 unspecified atom stereocenters. The minimum Gasteiger partial charge on any atom is -0.212 e. The Morgan fingerprint density at radius 1 is 1.25 bits per heavy atom. The van der Waals surface area contributed by atoms with Crippen molar-refractivity contribution in [1.29, 1.82) is 0 Å². The standard InChI is InChI=1S/C15H18ClNO2S/c1-11-2-7-15-13(8-11)10-17(20(15,18)19)9-12-3-5-14(16)6-4-12/h2-7,11,13,15H,8-10H2,1H3/t11-,13+,15+/m1/s1. The van der Waals surface area contributed by atoms with Gasteiger partial charge < -0.3 is 0 Å². The summed E-state index contributed by atoms with van der Waals surface area (Å²) in [6.07, 6.45) is 4.87. The Hall–Kier alpha value is -0.840. The van der Waals surface area contributed by atoms with Gasteiger partial charge in [0.05, 0.1) is 5.25 Å². The maximum Gasteiger partial charge on any atom is 0.221 e.